The van der Waals surface area contributed by atoms with Crippen LogP contribution in [0.2, 0.25) is 5.02 Å². The van der Waals surface area contributed by atoms with Crippen LogP contribution in [0.15, 0.2) is 42.5 Å². The molecule has 0 aliphatic heterocycles. The van der Waals surface area contributed by atoms with Crippen molar-refractivity contribution in [3.05, 3.63) is 64.4 Å². The van der Waals surface area contributed by atoms with Gasteiger partial charge in [-0.3, -0.25) is 4.79 Å². The normalized spacial score (nSPS) is 10.9. The first-order valence-electron chi connectivity index (χ1n) is 10.0. The first-order chi connectivity index (χ1) is 15.2. The number of rotatable bonds is 10. The van der Waals surface area contributed by atoms with E-state index in [2.05, 4.69) is 5.32 Å². The summed E-state index contributed by atoms with van der Waals surface area (Å²) in [7, 11) is 0. The summed E-state index contributed by atoms with van der Waals surface area (Å²) in [5.74, 6) is -2.47. The summed E-state index contributed by atoms with van der Waals surface area (Å²) in [6, 6.07) is 10.8. The Morgan fingerprint density at radius 2 is 1.59 bits per heavy atom. The van der Waals surface area contributed by atoms with Gasteiger partial charge in [-0.25, -0.2) is 14.0 Å². The molecule has 0 fully saturated rings. The van der Waals surface area contributed by atoms with E-state index < -0.39 is 29.2 Å². The summed E-state index contributed by atoms with van der Waals surface area (Å²) < 4.78 is 29.6. The third-order valence-corrected chi connectivity index (χ3v) is 4.83. The summed E-state index contributed by atoms with van der Waals surface area (Å²) >= 11 is 6.00. The summed E-state index contributed by atoms with van der Waals surface area (Å²) in [5.41, 5.74) is -1.26. The Balaban J connectivity index is 2.24. The van der Waals surface area contributed by atoms with Gasteiger partial charge in [0.25, 0.3) is 0 Å². The highest BCUT2D eigenvalue weighted by Gasteiger charge is 2.50. The minimum absolute atomic E-state index is 0.0188. The third kappa shape index (κ3) is 6.20. The Labute approximate surface area is 190 Å². The lowest BCUT2D eigenvalue weighted by Gasteiger charge is -2.29. The first kappa shape index (κ1) is 25.1. The van der Waals surface area contributed by atoms with Gasteiger partial charge in [-0.2, -0.15) is 0 Å². The predicted molar refractivity (Wildman–Crippen MR) is 116 cm³/mol. The maximum Gasteiger partial charge on any atom is 0.344 e. The van der Waals surface area contributed by atoms with Crippen LogP contribution in [0.1, 0.15) is 31.9 Å². The quantitative estimate of drug-likeness (QED) is 0.426. The summed E-state index contributed by atoms with van der Waals surface area (Å²) in [6.07, 6.45) is -0.191. The average molecular weight is 466 g/mol. The smallest absolute Gasteiger partial charge is 0.344 e. The summed E-state index contributed by atoms with van der Waals surface area (Å²) in [5, 5.41) is 2.66. The SMILES string of the molecule is CCOC(=O)C(Cc1ccc(OCc2c(F)cccc2Cl)cc1)(NC(C)=O)C(=O)OCC. The fourth-order valence-electron chi connectivity index (χ4n) is 3.02. The van der Waals surface area contributed by atoms with Crippen LogP contribution in [0, 0.1) is 5.82 Å². The molecular weight excluding hydrogens is 441 g/mol. The third-order valence-electron chi connectivity index (χ3n) is 4.47. The Morgan fingerprint density at radius 1 is 1.00 bits per heavy atom. The van der Waals surface area contributed by atoms with Gasteiger partial charge in [-0.05, 0) is 43.7 Å². The topological polar surface area (TPSA) is 90.9 Å². The molecular formula is C23H25ClFNO6. The zero-order valence-corrected chi connectivity index (χ0v) is 18.8. The molecule has 0 aliphatic rings. The van der Waals surface area contributed by atoms with Gasteiger partial charge in [0.05, 0.1) is 18.2 Å². The molecule has 0 heterocycles. The molecule has 1 amide bonds. The fourth-order valence-corrected chi connectivity index (χ4v) is 3.24. The van der Waals surface area contributed by atoms with Gasteiger partial charge < -0.3 is 19.5 Å². The Hall–Kier alpha value is -3.13. The Kier molecular flexibility index (Phi) is 9.02. The van der Waals surface area contributed by atoms with E-state index in [0.717, 1.165) is 0 Å². The zero-order chi connectivity index (χ0) is 23.7. The standard InChI is InChI=1S/C23H25ClFNO6/c1-4-30-21(28)23(26-15(3)27,22(29)31-5-2)13-16-9-11-17(12-10-16)32-14-18-19(24)7-6-8-20(18)25/h6-12H,4-5,13-14H2,1-3H3,(H,26,27). The molecule has 7 nitrogen and oxygen atoms in total. The largest absolute Gasteiger partial charge is 0.489 e. The molecule has 0 atom stereocenters. The number of ether oxygens (including phenoxy) is 3. The van der Waals surface area contributed by atoms with Crippen molar-refractivity contribution in [3.63, 3.8) is 0 Å². The van der Waals surface area contributed by atoms with Crippen molar-refractivity contribution in [2.24, 2.45) is 0 Å². The number of hydrogen-bond donors (Lipinski definition) is 1. The first-order valence-corrected chi connectivity index (χ1v) is 10.4. The van der Waals surface area contributed by atoms with Crippen LogP contribution >= 0.6 is 11.6 Å². The van der Waals surface area contributed by atoms with Gasteiger partial charge in [0.1, 0.15) is 18.2 Å². The average Bonchev–Trinajstić information content (AvgIpc) is 2.74. The number of halogens is 2. The van der Waals surface area contributed by atoms with Crippen molar-refractivity contribution in [2.75, 3.05) is 13.2 Å². The molecule has 172 valence electrons. The van der Waals surface area contributed by atoms with Crippen molar-refractivity contribution in [2.45, 2.75) is 39.3 Å². The lowest BCUT2D eigenvalue weighted by atomic mass is 9.90. The molecule has 0 saturated carbocycles. The maximum atomic E-state index is 13.9. The molecule has 2 aromatic rings. The van der Waals surface area contributed by atoms with Gasteiger partial charge in [-0.15, -0.1) is 0 Å². The van der Waals surface area contributed by atoms with Crippen molar-refractivity contribution in [1.82, 2.24) is 5.32 Å². The molecule has 0 radical (unpaired) electrons. The lowest BCUT2D eigenvalue weighted by molar-refractivity contribution is -0.168. The molecule has 32 heavy (non-hydrogen) atoms. The van der Waals surface area contributed by atoms with E-state index >= 15 is 0 Å². The summed E-state index contributed by atoms with van der Waals surface area (Å²) in [6.45, 7) is 4.34. The number of carbonyl (C=O) groups excluding carboxylic acids is 3. The van der Waals surface area contributed by atoms with Crippen molar-refractivity contribution >= 4 is 29.4 Å². The molecule has 0 spiro atoms. The Morgan fingerprint density at radius 3 is 2.09 bits per heavy atom. The molecule has 9 heteroatoms. The van der Waals surface area contributed by atoms with Gasteiger partial charge in [-0.1, -0.05) is 29.8 Å². The van der Waals surface area contributed by atoms with Crippen LogP contribution in [-0.4, -0.2) is 36.6 Å². The van der Waals surface area contributed by atoms with Crippen molar-refractivity contribution in [3.8, 4) is 5.75 Å². The molecule has 0 aromatic heterocycles. The molecule has 1 N–H and O–H groups in total. The highest BCUT2D eigenvalue weighted by Crippen LogP contribution is 2.24. The van der Waals surface area contributed by atoms with E-state index in [9.17, 15) is 18.8 Å². The second-order valence-electron chi connectivity index (χ2n) is 6.84. The van der Waals surface area contributed by atoms with Crippen LogP contribution in [0.25, 0.3) is 0 Å². The monoisotopic (exact) mass is 465 g/mol. The van der Waals surface area contributed by atoms with Crippen molar-refractivity contribution < 1.29 is 33.0 Å². The second-order valence-corrected chi connectivity index (χ2v) is 7.24. The van der Waals surface area contributed by atoms with Gasteiger partial charge in [0, 0.05) is 18.9 Å². The minimum Gasteiger partial charge on any atom is -0.489 e. The number of carbonyl (C=O) groups is 3. The summed E-state index contributed by atoms with van der Waals surface area (Å²) in [4.78, 5) is 37.2. The number of esters is 2. The van der Waals surface area contributed by atoms with Gasteiger partial charge in [0.15, 0.2) is 0 Å². The highest BCUT2D eigenvalue weighted by atomic mass is 35.5. The van der Waals surface area contributed by atoms with E-state index in [0.29, 0.717) is 11.3 Å². The highest BCUT2D eigenvalue weighted by molar-refractivity contribution is 6.31. The lowest BCUT2D eigenvalue weighted by Crippen LogP contribution is -2.62. The molecule has 2 aromatic carbocycles. The minimum atomic E-state index is -2.03. The number of benzene rings is 2. The molecule has 0 aliphatic carbocycles. The van der Waals surface area contributed by atoms with Crippen molar-refractivity contribution in [1.29, 1.82) is 0 Å². The molecule has 0 bridgehead atoms. The van der Waals surface area contributed by atoms with Gasteiger partial charge in [0.2, 0.25) is 11.4 Å². The van der Waals surface area contributed by atoms with E-state index in [4.69, 9.17) is 25.8 Å². The number of nitrogens with one attached hydrogen (secondary N) is 1. The van der Waals surface area contributed by atoms with Crippen LogP contribution in [0.4, 0.5) is 4.39 Å². The fraction of sp³-hybridized carbons (Fsp3) is 0.348. The van der Waals surface area contributed by atoms with E-state index in [1.807, 2.05) is 0 Å². The Bertz CT molecular complexity index is 925. The number of hydrogen-bond acceptors (Lipinski definition) is 6. The van der Waals surface area contributed by atoms with Crippen LogP contribution in [0.5, 0.6) is 5.75 Å². The van der Waals surface area contributed by atoms with Crippen LogP contribution < -0.4 is 10.1 Å². The molecule has 0 saturated heterocycles. The molecule has 2 rings (SSSR count). The van der Waals surface area contributed by atoms with E-state index in [1.54, 1.807) is 44.2 Å². The van der Waals surface area contributed by atoms with Crippen LogP contribution in [0.3, 0.4) is 0 Å². The molecule has 0 unspecified atom stereocenters. The maximum absolute atomic E-state index is 13.9. The van der Waals surface area contributed by atoms with E-state index in [1.165, 1.54) is 19.1 Å². The van der Waals surface area contributed by atoms with E-state index in [-0.39, 0.29) is 36.8 Å². The zero-order valence-electron chi connectivity index (χ0n) is 18.1. The van der Waals surface area contributed by atoms with Crippen LogP contribution in [-0.2, 0) is 36.9 Å². The van der Waals surface area contributed by atoms with Gasteiger partial charge >= 0.3 is 11.9 Å². The number of amides is 1. The predicted octanol–water partition coefficient (Wildman–Crippen LogP) is 3.60. The second kappa shape index (κ2) is 11.5.